The van der Waals surface area contributed by atoms with E-state index in [2.05, 4.69) is 0 Å². The molecule has 1 aromatic rings. The molecule has 3 nitrogen and oxygen atoms in total. The summed E-state index contributed by atoms with van der Waals surface area (Å²) in [6.07, 6.45) is -0.204. The Kier molecular flexibility index (Phi) is 4.01. The Hall–Kier alpha value is -1.89. The SMILES string of the molecule is CCOC(=O)Cc1c(F)ccc(C)c1C#N. The van der Waals surface area contributed by atoms with Gasteiger partial charge < -0.3 is 4.74 Å². The van der Waals surface area contributed by atoms with Gasteiger partial charge in [-0.1, -0.05) is 6.07 Å². The van der Waals surface area contributed by atoms with Crippen LogP contribution < -0.4 is 0 Å². The number of rotatable bonds is 3. The Bertz CT molecular complexity index is 449. The second kappa shape index (κ2) is 5.26. The number of carbonyl (C=O) groups is 1. The van der Waals surface area contributed by atoms with Crippen molar-refractivity contribution in [2.75, 3.05) is 6.61 Å². The number of hydrogen-bond donors (Lipinski definition) is 0. The molecule has 0 aliphatic heterocycles. The van der Waals surface area contributed by atoms with Crippen molar-refractivity contribution in [2.24, 2.45) is 0 Å². The van der Waals surface area contributed by atoms with Crippen LogP contribution in [0.5, 0.6) is 0 Å². The van der Waals surface area contributed by atoms with Crippen LogP contribution in [-0.4, -0.2) is 12.6 Å². The number of aryl methyl sites for hydroxylation is 1. The van der Waals surface area contributed by atoms with Crippen molar-refractivity contribution < 1.29 is 13.9 Å². The van der Waals surface area contributed by atoms with Crippen LogP contribution in [0.2, 0.25) is 0 Å². The van der Waals surface area contributed by atoms with E-state index in [0.717, 1.165) is 0 Å². The number of hydrogen-bond acceptors (Lipinski definition) is 3. The summed E-state index contributed by atoms with van der Waals surface area (Å²) in [5.74, 6) is -1.07. The highest BCUT2D eigenvalue weighted by atomic mass is 19.1. The maximum atomic E-state index is 13.5. The molecule has 0 aliphatic carbocycles. The molecule has 0 saturated heterocycles. The molecule has 16 heavy (non-hydrogen) atoms. The molecule has 0 bridgehead atoms. The molecule has 0 N–H and O–H groups in total. The van der Waals surface area contributed by atoms with Gasteiger partial charge in [0.05, 0.1) is 24.7 Å². The lowest BCUT2D eigenvalue weighted by molar-refractivity contribution is -0.142. The van der Waals surface area contributed by atoms with Gasteiger partial charge in [-0.3, -0.25) is 4.79 Å². The first-order chi connectivity index (χ1) is 7.60. The summed E-state index contributed by atoms with van der Waals surface area (Å²) in [7, 11) is 0. The molecule has 0 aliphatic rings. The van der Waals surface area contributed by atoms with Gasteiger partial charge in [-0.25, -0.2) is 4.39 Å². The normalized spacial score (nSPS) is 9.62. The Morgan fingerprint density at radius 1 is 1.56 bits per heavy atom. The van der Waals surface area contributed by atoms with Crippen molar-refractivity contribution in [2.45, 2.75) is 20.3 Å². The van der Waals surface area contributed by atoms with Crippen molar-refractivity contribution in [1.82, 2.24) is 0 Å². The molecule has 0 unspecified atom stereocenters. The second-order valence-electron chi connectivity index (χ2n) is 3.31. The van der Waals surface area contributed by atoms with Gasteiger partial charge in [-0.05, 0) is 25.5 Å². The van der Waals surface area contributed by atoms with Crippen molar-refractivity contribution >= 4 is 5.97 Å². The van der Waals surface area contributed by atoms with E-state index >= 15 is 0 Å². The zero-order valence-electron chi connectivity index (χ0n) is 9.21. The fraction of sp³-hybridized carbons (Fsp3) is 0.333. The molecular weight excluding hydrogens is 209 g/mol. The maximum Gasteiger partial charge on any atom is 0.310 e. The molecule has 0 aromatic heterocycles. The third-order valence-electron chi connectivity index (χ3n) is 2.20. The lowest BCUT2D eigenvalue weighted by Crippen LogP contribution is -2.11. The predicted molar refractivity (Wildman–Crippen MR) is 56.2 cm³/mol. The fourth-order valence-corrected chi connectivity index (χ4v) is 1.42. The van der Waals surface area contributed by atoms with E-state index in [1.54, 1.807) is 13.8 Å². The minimum Gasteiger partial charge on any atom is -0.466 e. The number of esters is 1. The molecule has 1 rings (SSSR count). The van der Waals surface area contributed by atoms with Crippen LogP contribution in [0.3, 0.4) is 0 Å². The monoisotopic (exact) mass is 221 g/mol. The molecule has 4 heteroatoms. The van der Waals surface area contributed by atoms with Gasteiger partial charge in [0.15, 0.2) is 0 Å². The van der Waals surface area contributed by atoms with Crippen LogP contribution in [-0.2, 0) is 16.0 Å². The molecule has 0 atom stereocenters. The predicted octanol–water partition coefficient (Wildman–Crippen LogP) is 2.11. The van der Waals surface area contributed by atoms with Gasteiger partial charge >= 0.3 is 5.97 Å². The van der Waals surface area contributed by atoms with Crippen LogP contribution >= 0.6 is 0 Å². The topological polar surface area (TPSA) is 50.1 Å². The number of nitrogens with zero attached hydrogens (tertiary/aromatic N) is 1. The van der Waals surface area contributed by atoms with Gasteiger partial charge in [0, 0.05) is 5.56 Å². The Labute approximate surface area is 93.5 Å². The van der Waals surface area contributed by atoms with Crippen molar-refractivity contribution in [1.29, 1.82) is 5.26 Å². The standard InChI is InChI=1S/C12H12FNO2/c1-3-16-12(15)6-9-10(7-14)8(2)4-5-11(9)13/h4-5H,3,6H2,1-2H3. The number of carbonyl (C=O) groups excluding carboxylic acids is 1. The number of benzene rings is 1. The number of halogens is 1. The molecule has 1 aromatic carbocycles. The highest BCUT2D eigenvalue weighted by Gasteiger charge is 2.15. The summed E-state index contributed by atoms with van der Waals surface area (Å²) in [6, 6.07) is 4.68. The summed E-state index contributed by atoms with van der Waals surface area (Å²) in [6.45, 7) is 3.62. The highest BCUT2D eigenvalue weighted by Crippen LogP contribution is 2.18. The summed E-state index contributed by atoms with van der Waals surface area (Å²) >= 11 is 0. The zero-order valence-corrected chi connectivity index (χ0v) is 9.21. The molecule has 0 saturated carbocycles. The molecule has 0 fully saturated rings. The molecule has 0 amide bonds. The number of ether oxygens (including phenoxy) is 1. The lowest BCUT2D eigenvalue weighted by Gasteiger charge is -2.07. The minimum absolute atomic E-state index is 0.112. The summed E-state index contributed by atoms with van der Waals surface area (Å²) in [4.78, 5) is 11.2. The molecular formula is C12H12FNO2. The van der Waals surface area contributed by atoms with E-state index in [1.165, 1.54) is 12.1 Å². The minimum atomic E-state index is -0.546. The van der Waals surface area contributed by atoms with Crippen LogP contribution in [0, 0.1) is 24.1 Å². The van der Waals surface area contributed by atoms with E-state index in [1.807, 2.05) is 6.07 Å². The van der Waals surface area contributed by atoms with E-state index < -0.39 is 11.8 Å². The first-order valence-electron chi connectivity index (χ1n) is 4.93. The van der Waals surface area contributed by atoms with Gasteiger partial charge in [0.2, 0.25) is 0 Å². The van der Waals surface area contributed by atoms with E-state index in [0.29, 0.717) is 5.56 Å². The van der Waals surface area contributed by atoms with Gasteiger partial charge in [-0.15, -0.1) is 0 Å². The summed E-state index contributed by atoms with van der Waals surface area (Å²) < 4.78 is 18.2. The molecule has 0 radical (unpaired) electrons. The van der Waals surface area contributed by atoms with Crippen LogP contribution in [0.15, 0.2) is 12.1 Å². The maximum absolute atomic E-state index is 13.5. The first-order valence-corrected chi connectivity index (χ1v) is 4.93. The van der Waals surface area contributed by atoms with E-state index in [-0.39, 0.29) is 24.2 Å². The van der Waals surface area contributed by atoms with Crippen molar-refractivity contribution in [3.8, 4) is 6.07 Å². The third kappa shape index (κ3) is 2.57. The Morgan fingerprint density at radius 3 is 2.81 bits per heavy atom. The van der Waals surface area contributed by atoms with Crippen LogP contribution in [0.4, 0.5) is 4.39 Å². The molecule has 0 heterocycles. The van der Waals surface area contributed by atoms with Crippen molar-refractivity contribution in [3.05, 3.63) is 34.6 Å². The molecule has 0 spiro atoms. The molecule has 84 valence electrons. The largest absolute Gasteiger partial charge is 0.466 e. The van der Waals surface area contributed by atoms with E-state index in [4.69, 9.17) is 10.00 Å². The smallest absolute Gasteiger partial charge is 0.310 e. The second-order valence-corrected chi connectivity index (χ2v) is 3.31. The van der Waals surface area contributed by atoms with Gasteiger partial charge in [0.1, 0.15) is 5.82 Å². The average molecular weight is 221 g/mol. The quantitative estimate of drug-likeness (QED) is 0.734. The van der Waals surface area contributed by atoms with E-state index in [9.17, 15) is 9.18 Å². The summed E-state index contributed by atoms with van der Waals surface area (Å²) in [5, 5.41) is 8.90. The summed E-state index contributed by atoms with van der Waals surface area (Å²) in [5.41, 5.74) is 0.984. The zero-order chi connectivity index (χ0) is 12.1. The van der Waals surface area contributed by atoms with Gasteiger partial charge in [0.25, 0.3) is 0 Å². The number of nitriles is 1. The average Bonchev–Trinajstić information content (AvgIpc) is 2.24. The Balaban J connectivity index is 3.08. The lowest BCUT2D eigenvalue weighted by atomic mass is 10.00. The van der Waals surface area contributed by atoms with Crippen molar-refractivity contribution in [3.63, 3.8) is 0 Å². The van der Waals surface area contributed by atoms with Crippen LogP contribution in [0.1, 0.15) is 23.6 Å². The highest BCUT2D eigenvalue weighted by molar-refractivity contribution is 5.74. The van der Waals surface area contributed by atoms with Crippen LogP contribution in [0.25, 0.3) is 0 Å². The Morgan fingerprint density at radius 2 is 2.25 bits per heavy atom. The first kappa shape index (κ1) is 12.2. The fourth-order valence-electron chi connectivity index (χ4n) is 1.42. The third-order valence-corrected chi connectivity index (χ3v) is 2.20. The van der Waals surface area contributed by atoms with Gasteiger partial charge in [-0.2, -0.15) is 5.26 Å².